The molecular formula is C19H25N3O2. The molecule has 5 nitrogen and oxygen atoms in total. The van der Waals surface area contributed by atoms with Crippen LogP contribution in [0.5, 0.6) is 5.75 Å². The Kier molecular flexibility index (Phi) is 6.07. The van der Waals surface area contributed by atoms with Crippen LogP contribution < -0.4 is 20.3 Å². The van der Waals surface area contributed by atoms with E-state index in [1.807, 2.05) is 24.3 Å². The second kappa shape index (κ2) is 8.24. The first kappa shape index (κ1) is 17.7. The summed E-state index contributed by atoms with van der Waals surface area (Å²) in [6.45, 7) is 7.41. The standard InChI is InChI=1S/C19H25N3O2/c1-5-22(14(2)3)17-10-6-15(7-11-17)20-19(23)21-16-8-12-18(24-4)13-9-16/h6-14H,5H2,1-4H3,(H2,20,21,23). The van der Waals surface area contributed by atoms with Gasteiger partial charge in [-0.1, -0.05) is 0 Å². The Morgan fingerprint density at radius 2 is 1.50 bits per heavy atom. The summed E-state index contributed by atoms with van der Waals surface area (Å²) in [6.07, 6.45) is 0. The quantitative estimate of drug-likeness (QED) is 0.817. The van der Waals surface area contributed by atoms with Gasteiger partial charge in [-0.15, -0.1) is 0 Å². The fourth-order valence-electron chi connectivity index (χ4n) is 2.55. The minimum Gasteiger partial charge on any atom is -0.497 e. The van der Waals surface area contributed by atoms with E-state index in [-0.39, 0.29) is 6.03 Å². The van der Waals surface area contributed by atoms with Gasteiger partial charge in [0.25, 0.3) is 0 Å². The van der Waals surface area contributed by atoms with E-state index in [2.05, 4.69) is 36.3 Å². The third kappa shape index (κ3) is 4.65. The van der Waals surface area contributed by atoms with Crippen molar-refractivity contribution in [1.82, 2.24) is 0 Å². The number of methoxy groups -OCH3 is 1. The number of carbonyl (C=O) groups excluding carboxylic acids is 1. The van der Waals surface area contributed by atoms with Gasteiger partial charge in [-0.25, -0.2) is 4.79 Å². The Morgan fingerprint density at radius 3 is 1.92 bits per heavy atom. The first-order valence-electron chi connectivity index (χ1n) is 8.12. The number of benzene rings is 2. The van der Waals surface area contributed by atoms with Gasteiger partial charge >= 0.3 is 6.03 Å². The van der Waals surface area contributed by atoms with Crippen LogP contribution in [0.4, 0.5) is 21.9 Å². The number of hydrogen-bond acceptors (Lipinski definition) is 3. The molecule has 0 aliphatic rings. The van der Waals surface area contributed by atoms with Gasteiger partial charge in [0.2, 0.25) is 0 Å². The molecule has 2 rings (SSSR count). The van der Waals surface area contributed by atoms with E-state index in [0.717, 1.165) is 23.7 Å². The molecular weight excluding hydrogens is 302 g/mol. The van der Waals surface area contributed by atoms with Crippen molar-refractivity contribution >= 4 is 23.1 Å². The number of carbonyl (C=O) groups is 1. The Bertz CT molecular complexity index is 651. The predicted molar refractivity (Wildman–Crippen MR) is 100 cm³/mol. The average Bonchev–Trinajstić information content (AvgIpc) is 2.57. The summed E-state index contributed by atoms with van der Waals surface area (Å²) in [5, 5.41) is 5.63. The van der Waals surface area contributed by atoms with Crippen molar-refractivity contribution in [3.8, 4) is 5.75 Å². The van der Waals surface area contributed by atoms with Gasteiger partial charge in [0.15, 0.2) is 0 Å². The third-order valence-electron chi connectivity index (χ3n) is 3.77. The Balaban J connectivity index is 1.96. The lowest BCUT2D eigenvalue weighted by molar-refractivity contribution is 0.262. The van der Waals surface area contributed by atoms with Crippen LogP contribution in [0, 0.1) is 0 Å². The lowest BCUT2D eigenvalue weighted by atomic mass is 10.2. The molecule has 0 bridgehead atoms. The van der Waals surface area contributed by atoms with E-state index in [1.54, 1.807) is 31.4 Å². The average molecular weight is 327 g/mol. The van der Waals surface area contributed by atoms with Crippen LogP contribution in [0.1, 0.15) is 20.8 Å². The topological polar surface area (TPSA) is 53.6 Å². The maximum atomic E-state index is 12.1. The van der Waals surface area contributed by atoms with Crippen molar-refractivity contribution in [2.45, 2.75) is 26.8 Å². The summed E-state index contributed by atoms with van der Waals surface area (Å²) in [6, 6.07) is 15.2. The van der Waals surface area contributed by atoms with Gasteiger partial charge in [0.1, 0.15) is 5.75 Å². The summed E-state index contributed by atoms with van der Waals surface area (Å²) in [4.78, 5) is 14.3. The van der Waals surface area contributed by atoms with E-state index in [1.165, 1.54) is 0 Å². The highest BCUT2D eigenvalue weighted by Crippen LogP contribution is 2.20. The number of ether oxygens (including phenoxy) is 1. The molecule has 2 aromatic carbocycles. The van der Waals surface area contributed by atoms with E-state index in [0.29, 0.717) is 11.7 Å². The van der Waals surface area contributed by atoms with Crippen LogP contribution in [-0.4, -0.2) is 25.7 Å². The lowest BCUT2D eigenvalue weighted by Crippen LogP contribution is -2.30. The lowest BCUT2D eigenvalue weighted by Gasteiger charge is -2.27. The molecule has 0 aliphatic carbocycles. The van der Waals surface area contributed by atoms with Crippen molar-refractivity contribution in [3.05, 3.63) is 48.5 Å². The molecule has 0 spiro atoms. The van der Waals surface area contributed by atoms with Gasteiger partial charge < -0.3 is 20.3 Å². The van der Waals surface area contributed by atoms with Crippen LogP contribution >= 0.6 is 0 Å². The van der Waals surface area contributed by atoms with Crippen LogP contribution in [0.15, 0.2) is 48.5 Å². The van der Waals surface area contributed by atoms with Crippen molar-refractivity contribution in [2.24, 2.45) is 0 Å². The van der Waals surface area contributed by atoms with E-state index >= 15 is 0 Å². The van der Waals surface area contributed by atoms with Crippen LogP contribution in [0.3, 0.4) is 0 Å². The molecule has 2 aromatic rings. The van der Waals surface area contributed by atoms with Crippen LogP contribution in [-0.2, 0) is 0 Å². The summed E-state index contributed by atoms with van der Waals surface area (Å²) in [5.74, 6) is 0.752. The molecule has 2 amide bonds. The van der Waals surface area contributed by atoms with Gasteiger partial charge in [-0.2, -0.15) is 0 Å². The minimum atomic E-state index is -0.274. The minimum absolute atomic E-state index is 0.274. The number of urea groups is 1. The first-order valence-corrected chi connectivity index (χ1v) is 8.12. The summed E-state index contributed by atoms with van der Waals surface area (Å²) < 4.78 is 5.09. The molecule has 0 radical (unpaired) electrons. The van der Waals surface area contributed by atoms with Gasteiger partial charge in [-0.05, 0) is 69.3 Å². The summed E-state index contributed by atoms with van der Waals surface area (Å²) >= 11 is 0. The second-order valence-electron chi connectivity index (χ2n) is 5.73. The van der Waals surface area contributed by atoms with E-state index in [9.17, 15) is 4.79 Å². The maximum absolute atomic E-state index is 12.1. The first-order chi connectivity index (χ1) is 11.5. The molecule has 128 valence electrons. The molecule has 0 aliphatic heterocycles. The van der Waals surface area contributed by atoms with Crippen molar-refractivity contribution in [2.75, 3.05) is 29.2 Å². The highest BCUT2D eigenvalue weighted by Gasteiger charge is 2.08. The number of rotatable bonds is 6. The SMILES string of the molecule is CCN(c1ccc(NC(=O)Nc2ccc(OC)cc2)cc1)C(C)C. The zero-order chi connectivity index (χ0) is 17.5. The van der Waals surface area contributed by atoms with Gasteiger partial charge in [0.05, 0.1) is 7.11 Å². The normalized spacial score (nSPS) is 10.4. The number of hydrogen-bond donors (Lipinski definition) is 2. The van der Waals surface area contributed by atoms with Crippen LogP contribution in [0.25, 0.3) is 0 Å². The maximum Gasteiger partial charge on any atom is 0.323 e. The predicted octanol–water partition coefficient (Wildman–Crippen LogP) is 4.57. The van der Waals surface area contributed by atoms with E-state index in [4.69, 9.17) is 4.74 Å². The number of amides is 2. The molecule has 0 aromatic heterocycles. The largest absolute Gasteiger partial charge is 0.497 e. The zero-order valence-corrected chi connectivity index (χ0v) is 14.7. The molecule has 5 heteroatoms. The molecule has 0 atom stereocenters. The fourth-order valence-corrected chi connectivity index (χ4v) is 2.55. The number of nitrogens with zero attached hydrogens (tertiary/aromatic N) is 1. The monoisotopic (exact) mass is 327 g/mol. The molecule has 0 unspecified atom stereocenters. The van der Waals surface area contributed by atoms with Crippen LogP contribution in [0.2, 0.25) is 0 Å². The highest BCUT2D eigenvalue weighted by molar-refractivity contribution is 5.99. The Morgan fingerprint density at radius 1 is 1.00 bits per heavy atom. The molecule has 0 saturated heterocycles. The Hall–Kier alpha value is -2.69. The molecule has 0 heterocycles. The Labute approximate surface area is 143 Å². The summed E-state index contributed by atoms with van der Waals surface area (Å²) in [7, 11) is 1.61. The molecule has 24 heavy (non-hydrogen) atoms. The molecule has 2 N–H and O–H groups in total. The molecule has 0 fully saturated rings. The smallest absolute Gasteiger partial charge is 0.323 e. The van der Waals surface area contributed by atoms with Crippen molar-refractivity contribution < 1.29 is 9.53 Å². The second-order valence-corrected chi connectivity index (χ2v) is 5.73. The number of anilines is 3. The highest BCUT2D eigenvalue weighted by atomic mass is 16.5. The van der Waals surface area contributed by atoms with Gasteiger partial charge in [0, 0.05) is 29.6 Å². The van der Waals surface area contributed by atoms with Crippen molar-refractivity contribution in [3.63, 3.8) is 0 Å². The fraction of sp³-hybridized carbons (Fsp3) is 0.316. The molecule has 0 saturated carbocycles. The zero-order valence-electron chi connectivity index (χ0n) is 14.7. The summed E-state index contributed by atoms with van der Waals surface area (Å²) in [5.41, 5.74) is 2.61. The third-order valence-corrected chi connectivity index (χ3v) is 3.77. The van der Waals surface area contributed by atoms with E-state index < -0.39 is 0 Å². The van der Waals surface area contributed by atoms with Gasteiger partial charge in [-0.3, -0.25) is 0 Å². The number of nitrogens with one attached hydrogen (secondary N) is 2. The van der Waals surface area contributed by atoms with Crippen molar-refractivity contribution in [1.29, 1.82) is 0 Å².